The summed E-state index contributed by atoms with van der Waals surface area (Å²) in [6.07, 6.45) is 3.11. The molecule has 0 aliphatic rings. The third-order valence-electron chi connectivity index (χ3n) is 1.88. The Labute approximate surface area is 82.4 Å². The van der Waals surface area contributed by atoms with Gasteiger partial charge in [0.1, 0.15) is 0 Å². The van der Waals surface area contributed by atoms with E-state index in [1.165, 1.54) is 0 Å². The van der Waals surface area contributed by atoms with Crippen LogP contribution in [0, 0.1) is 0 Å². The summed E-state index contributed by atoms with van der Waals surface area (Å²) in [6.45, 7) is 2.41. The Morgan fingerprint density at radius 3 is 3.00 bits per heavy atom. The number of thiazole rings is 1. The molecule has 1 rings (SSSR count). The number of hydrogen-bond donors (Lipinski definition) is 1. The molecule has 1 heterocycles. The highest BCUT2D eigenvalue weighted by atomic mass is 32.1. The molecule has 0 aromatic carbocycles. The molecule has 3 nitrogen and oxygen atoms in total. The second-order valence-electron chi connectivity index (χ2n) is 3.38. The normalized spacial score (nSPS) is 15.6. The number of rotatable bonds is 5. The zero-order chi connectivity index (χ0) is 9.73. The van der Waals surface area contributed by atoms with Crippen LogP contribution in [0.25, 0.3) is 0 Å². The highest BCUT2D eigenvalue weighted by molar-refractivity contribution is 7.09. The van der Waals surface area contributed by atoms with Gasteiger partial charge in [-0.25, -0.2) is 0 Å². The molecule has 13 heavy (non-hydrogen) atoms. The minimum atomic E-state index is -0.678. The highest BCUT2D eigenvalue weighted by Crippen LogP contribution is 2.19. The monoisotopic (exact) mass is 201 g/mol. The van der Waals surface area contributed by atoms with Crippen molar-refractivity contribution >= 4 is 11.3 Å². The van der Waals surface area contributed by atoms with E-state index in [0.29, 0.717) is 19.4 Å². The quantitative estimate of drug-likeness (QED) is 0.784. The van der Waals surface area contributed by atoms with Gasteiger partial charge < -0.3 is 9.84 Å². The van der Waals surface area contributed by atoms with Crippen molar-refractivity contribution in [3.05, 3.63) is 16.6 Å². The zero-order valence-electron chi connectivity index (χ0n) is 7.99. The van der Waals surface area contributed by atoms with Gasteiger partial charge in [-0.05, 0) is 13.3 Å². The minimum Gasteiger partial charge on any atom is -0.390 e. The van der Waals surface area contributed by atoms with E-state index < -0.39 is 5.60 Å². The van der Waals surface area contributed by atoms with Crippen LogP contribution in [0.15, 0.2) is 11.7 Å². The first-order chi connectivity index (χ1) is 6.14. The Morgan fingerprint density at radius 2 is 2.46 bits per heavy atom. The molecule has 1 aromatic heterocycles. The van der Waals surface area contributed by atoms with Gasteiger partial charge in [0.25, 0.3) is 0 Å². The van der Waals surface area contributed by atoms with Crippen LogP contribution in [0.4, 0.5) is 0 Å². The second-order valence-corrected chi connectivity index (χ2v) is 4.36. The number of ether oxygens (including phenoxy) is 1. The van der Waals surface area contributed by atoms with Crippen molar-refractivity contribution in [2.45, 2.75) is 25.4 Å². The van der Waals surface area contributed by atoms with Crippen LogP contribution >= 0.6 is 11.3 Å². The number of aromatic nitrogens is 1. The van der Waals surface area contributed by atoms with E-state index in [0.717, 1.165) is 4.88 Å². The molecule has 0 saturated heterocycles. The fourth-order valence-electron chi connectivity index (χ4n) is 1.12. The Bertz CT molecular complexity index is 234. The van der Waals surface area contributed by atoms with Gasteiger partial charge in [0.2, 0.25) is 0 Å². The van der Waals surface area contributed by atoms with Crippen LogP contribution in [0.1, 0.15) is 18.2 Å². The molecule has 0 aliphatic heterocycles. The van der Waals surface area contributed by atoms with Crippen molar-refractivity contribution in [2.24, 2.45) is 0 Å². The smallest absolute Gasteiger partial charge is 0.0794 e. The van der Waals surface area contributed by atoms with Crippen molar-refractivity contribution in [3.63, 3.8) is 0 Å². The predicted molar refractivity (Wildman–Crippen MR) is 52.9 cm³/mol. The minimum absolute atomic E-state index is 0.589. The van der Waals surface area contributed by atoms with Gasteiger partial charge in [-0.1, -0.05) is 0 Å². The summed E-state index contributed by atoms with van der Waals surface area (Å²) in [5.74, 6) is 0. The van der Waals surface area contributed by atoms with Crippen molar-refractivity contribution in [3.8, 4) is 0 Å². The van der Waals surface area contributed by atoms with Gasteiger partial charge in [-0.3, -0.25) is 4.98 Å². The van der Waals surface area contributed by atoms with E-state index in [1.807, 2.05) is 6.92 Å². The summed E-state index contributed by atoms with van der Waals surface area (Å²) >= 11 is 1.57. The third-order valence-corrected chi connectivity index (χ3v) is 2.66. The van der Waals surface area contributed by atoms with E-state index >= 15 is 0 Å². The van der Waals surface area contributed by atoms with Crippen LogP contribution in [-0.4, -0.2) is 29.4 Å². The lowest BCUT2D eigenvalue weighted by Gasteiger charge is -2.21. The van der Waals surface area contributed by atoms with Crippen molar-refractivity contribution < 1.29 is 9.84 Å². The Hall–Kier alpha value is -0.450. The molecule has 1 unspecified atom stereocenters. The highest BCUT2D eigenvalue weighted by Gasteiger charge is 2.20. The van der Waals surface area contributed by atoms with Crippen LogP contribution in [0.3, 0.4) is 0 Å². The lowest BCUT2D eigenvalue weighted by molar-refractivity contribution is 0.0255. The van der Waals surface area contributed by atoms with Crippen molar-refractivity contribution in [1.82, 2.24) is 4.98 Å². The number of nitrogens with zero attached hydrogens (tertiary/aromatic N) is 1. The standard InChI is InChI=1S/C9H15NO2S/c1-9(11,3-4-12-2)5-8-6-10-7-13-8/h6-7,11H,3-5H2,1-2H3. The van der Waals surface area contributed by atoms with E-state index in [2.05, 4.69) is 4.98 Å². The molecule has 0 spiro atoms. The molecule has 0 saturated carbocycles. The number of aliphatic hydroxyl groups is 1. The Balaban J connectivity index is 2.42. The molecular formula is C9H15NO2S. The topological polar surface area (TPSA) is 42.4 Å². The van der Waals surface area contributed by atoms with Gasteiger partial charge in [0, 0.05) is 31.2 Å². The van der Waals surface area contributed by atoms with Crippen LogP contribution in [0.2, 0.25) is 0 Å². The zero-order valence-corrected chi connectivity index (χ0v) is 8.80. The largest absolute Gasteiger partial charge is 0.390 e. The molecule has 4 heteroatoms. The molecule has 1 N–H and O–H groups in total. The molecule has 1 atom stereocenters. The van der Waals surface area contributed by atoms with Crippen LogP contribution in [-0.2, 0) is 11.2 Å². The summed E-state index contributed by atoms with van der Waals surface area (Å²) in [6, 6.07) is 0. The van der Waals surface area contributed by atoms with Crippen LogP contribution in [0.5, 0.6) is 0 Å². The lowest BCUT2D eigenvalue weighted by atomic mass is 9.98. The molecule has 0 fully saturated rings. The number of methoxy groups -OCH3 is 1. The predicted octanol–water partition coefficient (Wildman–Crippen LogP) is 1.47. The van der Waals surface area contributed by atoms with Crippen LogP contribution < -0.4 is 0 Å². The fraction of sp³-hybridized carbons (Fsp3) is 0.667. The summed E-state index contributed by atoms with van der Waals surface area (Å²) in [5.41, 5.74) is 1.10. The molecule has 0 aliphatic carbocycles. The van der Waals surface area contributed by atoms with E-state index in [-0.39, 0.29) is 0 Å². The summed E-state index contributed by atoms with van der Waals surface area (Å²) < 4.78 is 4.92. The van der Waals surface area contributed by atoms with Gasteiger partial charge in [-0.15, -0.1) is 11.3 Å². The van der Waals surface area contributed by atoms with Gasteiger partial charge >= 0.3 is 0 Å². The first kappa shape index (κ1) is 10.6. The summed E-state index contributed by atoms with van der Waals surface area (Å²) in [5, 5.41) is 9.92. The van der Waals surface area contributed by atoms with Crippen molar-refractivity contribution in [2.75, 3.05) is 13.7 Å². The molecule has 0 bridgehead atoms. The lowest BCUT2D eigenvalue weighted by Crippen LogP contribution is -2.28. The molecule has 1 aromatic rings. The summed E-state index contributed by atoms with van der Waals surface area (Å²) in [7, 11) is 1.64. The maximum Gasteiger partial charge on any atom is 0.0794 e. The van der Waals surface area contributed by atoms with E-state index in [1.54, 1.807) is 30.2 Å². The maximum absolute atomic E-state index is 9.92. The van der Waals surface area contributed by atoms with Gasteiger partial charge in [0.05, 0.1) is 11.1 Å². The fourth-order valence-corrected chi connectivity index (χ4v) is 1.89. The molecular weight excluding hydrogens is 186 g/mol. The molecule has 74 valence electrons. The van der Waals surface area contributed by atoms with Crippen molar-refractivity contribution in [1.29, 1.82) is 0 Å². The third kappa shape index (κ3) is 3.85. The average Bonchev–Trinajstić information content (AvgIpc) is 2.52. The Kier molecular flexibility index (Phi) is 3.84. The van der Waals surface area contributed by atoms with E-state index in [9.17, 15) is 5.11 Å². The molecule has 0 amide bonds. The SMILES string of the molecule is COCCC(C)(O)Cc1cncs1. The van der Waals surface area contributed by atoms with Gasteiger partial charge in [-0.2, -0.15) is 0 Å². The summed E-state index contributed by atoms with van der Waals surface area (Å²) in [4.78, 5) is 5.07. The first-order valence-corrected chi connectivity index (χ1v) is 5.11. The first-order valence-electron chi connectivity index (χ1n) is 4.23. The maximum atomic E-state index is 9.92. The Morgan fingerprint density at radius 1 is 1.69 bits per heavy atom. The number of hydrogen-bond acceptors (Lipinski definition) is 4. The molecule has 0 radical (unpaired) electrons. The van der Waals surface area contributed by atoms with Gasteiger partial charge in [0.15, 0.2) is 0 Å². The average molecular weight is 201 g/mol. The second kappa shape index (κ2) is 4.69. The van der Waals surface area contributed by atoms with E-state index in [4.69, 9.17) is 4.74 Å².